The maximum absolute atomic E-state index is 14.7. The maximum atomic E-state index is 14.7. The monoisotopic (exact) mass is 588 g/mol. The fraction of sp³-hybridized carbons (Fsp3) is 0.217. The number of hydrogen-bond acceptors (Lipinski definition) is 5. The summed E-state index contributed by atoms with van der Waals surface area (Å²) in [5.74, 6) is 0.885. The first-order valence-electron chi connectivity index (χ1n) is 9.75. The summed E-state index contributed by atoms with van der Waals surface area (Å²) in [5.41, 5.74) is 4.08. The van der Waals surface area contributed by atoms with Gasteiger partial charge >= 0.3 is 0 Å². The normalized spacial score (nSPS) is 13.0. The third kappa shape index (κ3) is 5.12. The Morgan fingerprint density at radius 3 is 2.61 bits per heavy atom. The van der Waals surface area contributed by atoms with Gasteiger partial charge in [-0.3, -0.25) is 4.98 Å². The quantitative estimate of drug-likeness (QED) is 0.340. The Kier molecular flexibility index (Phi) is 7.41. The van der Waals surface area contributed by atoms with E-state index in [4.69, 9.17) is 10.1 Å². The van der Waals surface area contributed by atoms with Crippen molar-refractivity contribution in [1.82, 2.24) is 10.3 Å². The summed E-state index contributed by atoms with van der Waals surface area (Å²) in [6.07, 6.45) is 2.93. The predicted octanol–water partition coefficient (Wildman–Crippen LogP) is 5.00. The van der Waals surface area contributed by atoms with Gasteiger partial charge in [0.2, 0.25) is 0 Å². The van der Waals surface area contributed by atoms with Crippen molar-refractivity contribution in [3.05, 3.63) is 70.9 Å². The molecule has 0 spiro atoms. The largest absolute Gasteiger partial charge is 0.677 e. The molecule has 2 heterocycles. The first-order chi connectivity index (χ1) is 14.6. The fourth-order valence-corrected chi connectivity index (χ4v) is 3.31. The summed E-state index contributed by atoms with van der Waals surface area (Å²) in [5, 5.41) is 18.1. The summed E-state index contributed by atoms with van der Waals surface area (Å²) >= 11 is 0. The van der Waals surface area contributed by atoms with Crippen LogP contribution < -0.4 is 15.4 Å². The summed E-state index contributed by atoms with van der Waals surface area (Å²) in [6.45, 7) is 3.44. The van der Waals surface area contributed by atoms with Crippen molar-refractivity contribution < 1.29 is 30.2 Å². The molecule has 1 saturated heterocycles. The Morgan fingerprint density at radius 2 is 1.97 bits per heavy atom. The first kappa shape index (κ1) is 22.9. The number of benzene rings is 2. The van der Waals surface area contributed by atoms with Crippen molar-refractivity contribution in [2.75, 3.05) is 25.5 Å². The zero-order valence-electron chi connectivity index (χ0n) is 17.3. The minimum Gasteiger partial charge on any atom is -0.677 e. The van der Waals surface area contributed by atoms with Crippen LogP contribution in [0.2, 0.25) is 0 Å². The summed E-state index contributed by atoms with van der Waals surface area (Å²) in [7, 11) is 1.80. The summed E-state index contributed by atoms with van der Waals surface area (Å²) < 4.78 is 20.7. The molecule has 0 unspecified atom stereocenters. The first-order valence-corrected chi connectivity index (χ1v) is 9.75. The number of pyridine rings is 1. The second kappa shape index (κ2) is 10.0. The van der Waals surface area contributed by atoms with Gasteiger partial charge in [0.1, 0.15) is 17.3 Å². The third-order valence-corrected chi connectivity index (χ3v) is 5.04. The van der Waals surface area contributed by atoms with Gasteiger partial charge in [-0.25, -0.2) is 4.39 Å². The van der Waals surface area contributed by atoms with Gasteiger partial charge in [-0.2, -0.15) is 0 Å². The van der Waals surface area contributed by atoms with Gasteiger partial charge in [-0.15, -0.1) is 0 Å². The second-order valence-electron chi connectivity index (χ2n) is 7.19. The molecule has 0 aliphatic carbocycles. The molecule has 1 aliphatic heterocycles. The fourth-order valence-electron chi connectivity index (χ4n) is 3.31. The van der Waals surface area contributed by atoms with Crippen LogP contribution in [0.5, 0.6) is 11.5 Å². The van der Waals surface area contributed by atoms with Gasteiger partial charge in [0.25, 0.3) is 0 Å². The number of aromatic nitrogens is 1. The molecule has 31 heavy (non-hydrogen) atoms. The Morgan fingerprint density at radius 1 is 1.19 bits per heavy atom. The Bertz CT molecular complexity index is 1060. The van der Waals surface area contributed by atoms with Crippen molar-refractivity contribution in [3.63, 3.8) is 0 Å². The number of rotatable bonds is 7. The number of nitrogens with zero attached hydrogens (tertiary/aromatic N) is 2. The molecular formula is C23H23FN5OW-. The molecule has 160 valence electrons. The van der Waals surface area contributed by atoms with Gasteiger partial charge < -0.3 is 26.1 Å². The van der Waals surface area contributed by atoms with Crippen molar-refractivity contribution in [2.45, 2.75) is 13.0 Å². The average molecular weight is 588 g/mol. The van der Waals surface area contributed by atoms with Crippen LogP contribution >= 0.6 is 0 Å². The van der Waals surface area contributed by atoms with E-state index in [1.165, 1.54) is 12.3 Å². The zero-order chi connectivity index (χ0) is 21.1. The van der Waals surface area contributed by atoms with Crippen molar-refractivity contribution in [1.29, 1.82) is 5.41 Å². The van der Waals surface area contributed by atoms with E-state index in [0.717, 1.165) is 29.9 Å². The smallest absolute Gasteiger partial charge is 0.131 e. The summed E-state index contributed by atoms with van der Waals surface area (Å²) in [4.78, 5) is 4.38. The van der Waals surface area contributed by atoms with E-state index >= 15 is 0 Å². The van der Waals surface area contributed by atoms with E-state index in [9.17, 15) is 4.39 Å². The van der Waals surface area contributed by atoms with Crippen molar-refractivity contribution in [3.8, 4) is 22.8 Å². The number of nitrogens with one attached hydrogen (secondary N) is 3. The molecule has 0 bridgehead atoms. The Balaban J connectivity index is 0.00000272. The Labute approximate surface area is 195 Å². The van der Waals surface area contributed by atoms with Gasteiger partial charge in [0.15, 0.2) is 0 Å². The van der Waals surface area contributed by atoms with E-state index in [1.54, 1.807) is 31.4 Å². The minimum absolute atomic E-state index is 0. The molecule has 8 heteroatoms. The van der Waals surface area contributed by atoms with Gasteiger partial charge in [0, 0.05) is 69.5 Å². The number of ether oxygens (including phenoxy) is 1. The molecule has 1 aliphatic rings. The Hall–Kier alpha value is -2.76. The van der Waals surface area contributed by atoms with Crippen LogP contribution in [0.3, 0.4) is 0 Å². The number of hydrogen-bond donors (Lipinski definition) is 3. The maximum Gasteiger partial charge on any atom is 0.131 e. The molecule has 0 amide bonds. The molecule has 6 nitrogen and oxygen atoms in total. The molecule has 0 atom stereocenters. The average Bonchev–Trinajstić information content (AvgIpc) is 2.72. The standard InChI is InChI=1S/C23H23FN5O.W/c1-14-7-16(8-20(24)23(14)29-17-12-27-13-17)22-10-19(5-6-28-22)30-18-4-3-15(11-25)21(9-18)26-2;/h3-11,17,25-27H,12-13H2,1-2H3;/q-1;. The van der Waals surface area contributed by atoms with Crippen molar-refractivity contribution >= 4 is 17.6 Å². The second-order valence-corrected chi connectivity index (χ2v) is 7.19. The zero-order valence-corrected chi connectivity index (χ0v) is 20.2. The van der Waals surface area contributed by atoms with Crippen LogP contribution in [0.15, 0.2) is 48.7 Å². The van der Waals surface area contributed by atoms with Crippen LogP contribution in [0, 0.1) is 18.2 Å². The van der Waals surface area contributed by atoms with Gasteiger partial charge in [-0.1, -0.05) is 23.4 Å². The van der Waals surface area contributed by atoms with Gasteiger partial charge in [-0.05, 0) is 44.3 Å². The number of anilines is 1. The van der Waals surface area contributed by atoms with Crippen LogP contribution in [-0.4, -0.2) is 37.4 Å². The number of halogens is 1. The molecule has 2 aromatic carbocycles. The molecule has 4 rings (SSSR count). The molecule has 3 aromatic rings. The molecule has 0 radical (unpaired) electrons. The minimum atomic E-state index is -0.342. The summed E-state index contributed by atoms with van der Waals surface area (Å²) in [6, 6.07) is 12.5. The molecule has 1 aromatic heterocycles. The topological polar surface area (TPSA) is 84.1 Å². The predicted molar refractivity (Wildman–Crippen MR) is 118 cm³/mol. The van der Waals surface area contributed by atoms with Gasteiger partial charge in [0.05, 0.1) is 5.69 Å². The van der Waals surface area contributed by atoms with Crippen LogP contribution in [0.1, 0.15) is 11.1 Å². The van der Waals surface area contributed by atoms with E-state index < -0.39 is 0 Å². The number of aryl methyl sites for hydroxylation is 1. The van der Waals surface area contributed by atoms with Crippen LogP contribution in [0.4, 0.5) is 15.8 Å². The van der Waals surface area contributed by atoms with Crippen molar-refractivity contribution in [2.24, 2.45) is 0 Å². The molecular weight excluding hydrogens is 565 g/mol. The van der Waals surface area contributed by atoms with E-state index in [1.807, 2.05) is 25.1 Å². The third-order valence-electron chi connectivity index (χ3n) is 5.04. The van der Waals surface area contributed by atoms with E-state index in [0.29, 0.717) is 28.4 Å². The van der Waals surface area contributed by atoms with E-state index in [2.05, 4.69) is 20.9 Å². The molecule has 0 saturated carbocycles. The SMILES string of the molecule is CNc1cc(Oc2ccnc(-c3cc(C)c([N-]C4CNC4)c(F)c3)c2)ccc1C=N.[W]. The van der Waals surface area contributed by atoms with E-state index in [-0.39, 0.29) is 32.9 Å². The van der Waals surface area contributed by atoms with Crippen LogP contribution in [-0.2, 0) is 21.1 Å². The molecule has 1 fully saturated rings. The van der Waals surface area contributed by atoms with Crippen LogP contribution in [0.25, 0.3) is 16.6 Å². The molecule has 3 N–H and O–H groups in total.